The number of amides is 2. The highest BCUT2D eigenvalue weighted by atomic mass is 19.4. The number of hydrogen-bond donors (Lipinski definition) is 4. The Morgan fingerprint density at radius 2 is 1.87 bits per heavy atom. The second-order valence-electron chi connectivity index (χ2n) is 7.77. The van der Waals surface area contributed by atoms with E-state index in [2.05, 4.69) is 5.32 Å². The van der Waals surface area contributed by atoms with E-state index < -0.39 is 23.6 Å². The first kappa shape index (κ1) is 22.1. The molecule has 164 valence electrons. The van der Waals surface area contributed by atoms with E-state index in [4.69, 9.17) is 11.1 Å². The van der Waals surface area contributed by atoms with Crippen molar-refractivity contribution in [3.63, 3.8) is 0 Å². The van der Waals surface area contributed by atoms with Crippen LogP contribution in [0.2, 0.25) is 0 Å². The van der Waals surface area contributed by atoms with Crippen LogP contribution in [0, 0.1) is 5.41 Å². The summed E-state index contributed by atoms with van der Waals surface area (Å²) in [6.07, 6.45) is -0.923. The molecule has 2 saturated heterocycles. The molecule has 3 rings (SSSR count). The van der Waals surface area contributed by atoms with Crippen LogP contribution in [-0.4, -0.2) is 48.3 Å². The lowest BCUT2D eigenvalue weighted by atomic mass is 9.85. The monoisotopic (exact) mass is 425 g/mol. The fourth-order valence-electron chi connectivity index (χ4n) is 4.19. The highest BCUT2D eigenvalue weighted by molar-refractivity contribution is 6.04. The van der Waals surface area contributed by atoms with Gasteiger partial charge in [0.25, 0.3) is 5.91 Å². The molecule has 2 fully saturated rings. The first-order valence-electron chi connectivity index (χ1n) is 10.1. The molecular formula is C20H26F3N5O2. The zero-order chi connectivity index (χ0) is 21.9. The average Bonchev–Trinajstić information content (AvgIpc) is 2.72. The predicted molar refractivity (Wildman–Crippen MR) is 105 cm³/mol. The molecule has 7 nitrogen and oxygen atoms in total. The minimum Gasteiger partial charge on any atom is -0.370 e. The predicted octanol–water partition coefficient (Wildman–Crippen LogP) is 2.18. The number of rotatable bonds is 3. The molecule has 0 aliphatic carbocycles. The van der Waals surface area contributed by atoms with Crippen molar-refractivity contribution >= 4 is 17.8 Å². The summed E-state index contributed by atoms with van der Waals surface area (Å²) in [6, 6.07) is 3.24. The van der Waals surface area contributed by atoms with Gasteiger partial charge in [-0.05, 0) is 55.8 Å². The Labute approximate surface area is 172 Å². The second-order valence-corrected chi connectivity index (χ2v) is 7.77. The molecule has 1 aromatic carbocycles. The van der Waals surface area contributed by atoms with Crippen molar-refractivity contribution in [2.45, 2.75) is 50.2 Å². The largest absolute Gasteiger partial charge is 0.416 e. The van der Waals surface area contributed by atoms with E-state index in [0.717, 1.165) is 31.9 Å². The molecule has 0 saturated carbocycles. The quantitative estimate of drug-likeness (QED) is 0.439. The molecule has 1 aromatic rings. The van der Waals surface area contributed by atoms with Crippen LogP contribution in [0.15, 0.2) is 18.2 Å². The smallest absolute Gasteiger partial charge is 0.370 e. The van der Waals surface area contributed by atoms with Gasteiger partial charge >= 0.3 is 6.18 Å². The van der Waals surface area contributed by atoms with Crippen LogP contribution in [0.5, 0.6) is 0 Å². The lowest BCUT2D eigenvalue weighted by Crippen LogP contribution is -2.50. The van der Waals surface area contributed by atoms with E-state index in [1.807, 2.05) is 5.32 Å². The van der Waals surface area contributed by atoms with E-state index in [1.165, 1.54) is 12.1 Å². The number of likely N-dealkylation sites (tertiary alicyclic amines) is 1. The van der Waals surface area contributed by atoms with Crippen LogP contribution < -0.4 is 16.4 Å². The van der Waals surface area contributed by atoms with Crippen molar-refractivity contribution in [2.75, 3.05) is 19.6 Å². The molecule has 0 radical (unpaired) electrons. The molecule has 5 N–H and O–H groups in total. The number of carbonyl (C=O) groups is 2. The van der Waals surface area contributed by atoms with Gasteiger partial charge in [0.05, 0.1) is 11.6 Å². The summed E-state index contributed by atoms with van der Waals surface area (Å²) in [6.45, 7) is 1.63. The first-order valence-corrected chi connectivity index (χ1v) is 10.1. The lowest BCUT2D eigenvalue weighted by Gasteiger charge is -2.36. The van der Waals surface area contributed by atoms with E-state index in [-0.39, 0.29) is 29.0 Å². The van der Waals surface area contributed by atoms with Crippen LogP contribution in [-0.2, 0) is 11.0 Å². The Balaban J connectivity index is 1.73. The van der Waals surface area contributed by atoms with Gasteiger partial charge < -0.3 is 16.0 Å². The van der Waals surface area contributed by atoms with Crippen molar-refractivity contribution in [1.29, 1.82) is 5.41 Å². The van der Waals surface area contributed by atoms with Crippen LogP contribution >= 0.6 is 0 Å². The molecule has 2 amide bonds. The van der Waals surface area contributed by atoms with Crippen LogP contribution in [0.3, 0.4) is 0 Å². The third-order valence-electron chi connectivity index (χ3n) is 5.72. The lowest BCUT2D eigenvalue weighted by molar-refractivity contribution is -0.139. The SMILES string of the molecule is N=C(N)NC(=O)c1ccc(C2CCN(C(=O)C3CCCCN3)CC2)c(C(F)(F)F)c1. The Morgan fingerprint density at radius 3 is 2.43 bits per heavy atom. The third-order valence-corrected chi connectivity index (χ3v) is 5.72. The van der Waals surface area contributed by atoms with Crippen molar-refractivity contribution in [3.8, 4) is 0 Å². The molecular weight excluding hydrogens is 399 g/mol. The topological polar surface area (TPSA) is 111 Å². The number of nitrogens with two attached hydrogens (primary N) is 1. The van der Waals surface area contributed by atoms with Crippen molar-refractivity contribution in [2.24, 2.45) is 5.73 Å². The number of alkyl halides is 3. The maximum atomic E-state index is 13.7. The first-order chi connectivity index (χ1) is 14.2. The standard InChI is InChI=1S/C20H26F3N5O2/c21-20(22,23)15-11-13(17(29)27-19(24)25)4-5-14(15)12-6-9-28(10-7-12)18(30)16-3-1-2-8-26-16/h4-5,11-12,16,26H,1-3,6-10H2,(H4,24,25,27,29). The van der Waals surface area contributed by atoms with Gasteiger partial charge in [-0.1, -0.05) is 12.5 Å². The summed E-state index contributed by atoms with van der Waals surface area (Å²) in [5.74, 6) is -1.82. The summed E-state index contributed by atoms with van der Waals surface area (Å²) >= 11 is 0. The summed E-state index contributed by atoms with van der Waals surface area (Å²) in [5.41, 5.74) is 4.14. The van der Waals surface area contributed by atoms with E-state index in [0.29, 0.717) is 25.9 Å². The van der Waals surface area contributed by atoms with Gasteiger partial charge in [0.1, 0.15) is 0 Å². The zero-order valence-corrected chi connectivity index (χ0v) is 16.5. The molecule has 0 spiro atoms. The van der Waals surface area contributed by atoms with Gasteiger partial charge in [0, 0.05) is 18.7 Å². The number of hydrogen-bond acceptors (Lipinski definition) is 4. The summed E-state index contributed by atoms with van der Waals surface area (Å²) in [5, 5.41) is 12.3. The molecule has 10 heteroatoms. The normalized spacial score (nSPS) is 20.6. The minimum absolute atomic E-state index is 0.0282. The second kappa shape index (κ2) is 9.03. The molecule has 30 heavy (non-hydrogen) atoms. The minimum atomic E-state index is -4.62. The highest BCUT2D eigenvalue weighted by Crippen LogP contribution is 2.39. The van der Waals surface area contributed by atoms with Gasteiger partial charge in [0.15, 0.2) is 5.96 Å². The number of piperidine rings is 2. The molecule has 1 atom stereocenters. The number of nitrogens with one attached hydrogen (secondary N) is 3. The molecule has 2 aliphatic rings. The van der Waals surface area contributed by atoms with Crippen molar-refractivity contribution in [3.05, 3.63) is 34.9 Å². The van der Waals surface area contributed by atoms with Crippen LogP contribution in [0.4, 0.5) is 13.2 Å². The van der Waals surface area contributed by atoms with Crippen molar-refractivity contribution < 1.29 is 22.8 Å². The van der Waals surface area contributed by atoms with E-state index in [9.17, 15) is 22.8 Å². The third kappa shape index (κ3) is 5.10. The molecule has 0 bridgehead atoms. The van der Waals surface area contributed by atoms with E-state index >= 15 is 0 Å². The fraction of sp³-hybridized carbons (Fsp3) is 0.550. The summed E-state index contributed by atoms with van der Waals surface area (Å²) < 4.78 is 41.1. The fourth-order valence-corrected chi connectivity index (χ4v) is 4.19. The van der Waals surface area contributed by atoms with Gasteiger partial charge in [-0.15, -0.1) is 0 Å². The molecule has 1 unspecified atom stereocenters. The number of halogens is 3. The highest BCUT2D eigenvalue weighted by Gasteiger charge is 2.37. The maximum Gasteiger partial charge on any atom is 0.416 e. The summed E-state index contributed by atoms with van der Waals surface area (Å²) in [4.78, 5) is 26.3. The Morgan fingerprint density at radius 1 is 1.17 bits per heavy atom. The number of guanidine groups is 1. The van der Waals surface area contributed by atoms with Crippen LogP contribution in [0.1, 0.15) is 59.5 Å². The Kier molecular flexibility index (Phi) is 6.64. The van der Waals surface area contributed by atoms with Crippen molar-refractivity contribution in [1.82, 2.24) is 15.5 Å². The number of nitrogens with zero attached hydrogens (tertiary/aromatic N) is 1. The number of benzene rings is 1. The van der Waals surface area contributed by atoms with Crippen LogP contribution in [0.25, 0.3) is 0 Å². The van der Waals surface area contributed by atoms with E-state index in [1.54, 1.807) is 4.90 Å². The van der Waals surface area contributed by atoms with Gasteiger partial charge in [-0.2, -0.15) is 13.2 Å². The molecule has 2 aliphatic heterocycles. The van der Waals surface area contributed by atoms with Gasteiger partial charge in [-0.25, -0.2) is 0 Å². The van der Waals surface area contributed by atoms with Gasteiger partial charge in [0.2, 0.25) is 5.91 Å². The number of carbonyl (C=O) groups excluding carboxylic acids is 2. The Hall–Kier alpha value is -2.62. The Bertz CT molecular complexity index is 813. The van der Waals surface area contributed by atoms with Gasteiger partial charge in [-0.3, -0.25) is 20.3 Å². The zero-order valence-electron chi connectivity index (χ0n) is 16.5. The molecule has 2 heterocycles. The molecule has 0 aromatic heterocycles. The summed E-state index contributed by atoms with van der Waals surface area (Å²) in [7, 11) is 0. The maximum absolute atomic E-state index is 13.7. The average molecular weight is 425 g/mol.